The number of hydrogen-bond acceptors (Lipinski definition) is 3. The normalized spacial score (nSPS) is 17.9. The van der Waals surface area contributed by atoms with Gasteiger partial charge in [0, 0.05) is 32.1 Å². The highest BCUT2D eigenvalue weighted by molar-refractivity contribution is 5.95. The summed E-state index contributed by atoms with van der Waals surface area (Å²) in [5.74, 6) is -0.918. The lowest BCUT2D eigenvalue weighted by molar-refractivity contribution is -0.121. The van der Waals surface area contributed by atoms with Gasteiger partial charge in [-0.15, -0.1) is 0 Å². The lowest BCUT2D eigenvalue weighted by Crippen LogP contribution is -2.49. The number of hydrogen-bond donors (Lipinski definition) is 2. The number of nitrogens with zero attached hydrogens (tertiary/aromatic N) is 1. The summed E-state index contributed by atoms with van der Waals surface area (Å²) in [5.41, 5.74) is 6.23. The van der Waals surface area contributed by atoms with E-state index >= 15 is 0 Å². The smallest absolute Gasteiger partial charge is 0.257 e. The van der Waals surface area contributed by atoms with Crippen LogP contribution in [0.5, 0.6) is 0 Å². The van der Waals surface area contributed by atoms with E-state index in [9.17, 15) is 14.0 Å². The van der Waals surface area contributed by atoms with Crippen LogP contribution in [-0.2, 0) is 4.79 Å². The average Bonchev–Trinajstić information content (AvgIpc) is 2.53. The number of likely N-dealkylation sites (tertiary alicyclic amines) is 1. The number of rotatable bonds is 5. The van der Waals surface area contributed by atoms with Crippen LogP contribution in [0.15, 0.2) is 18.2 Å². The molecule has 0 bridgehead atoms. The van der Waals surface area contributed by atoms with Gasteiger partial charge in [0.05, 0.1) is 5.56 Å². The Hall–Kier alpha value is -1.95. The molecule has 1 saturated heterocycles. The van der Waals surface area contributed by atoms with Gasteiger partial charge in [0.15, 0.2) is 0 Å². The first-order valence-corrected chi connectivity index (χ1v) is 8.07. The molecule has 2 rings (SSSR count). The van der Waals surface area contributed by atoms with Gasteiger partial charge < -0.3 is 16.0 Å². The highest BCUT2D eigenvalue weighted by Gasteiger charge is 2.29. The Morgan fingerprint density at radius 3 is 2.87 bits per heavy atom. The van der Waals surface area contributed by atoms with Crippen LogP contribution in [0, 0.1) is 12.7 Å². The maximum absolute atomic E-state index is 14.1. The van der Waals surface area contributed by atoms with Gasteiger partial charge >= 0.3 is 0 Å². The molecule has 6 heteroatoms. The molecule has 0 saturated carbocycles. The van der Waals surface area contributed by atoms with E-state index in [1.807, 2.05) is 0 Å². The Labute approximate surface area is 136 Å². The summed E-state index contributed by atoms with van der Waals surface area (Å²) in [6, 6.07) is 4.54. The number of amides is 2. The maximum Gasteiger partial charge on any atom is 0.257 e. The molecule has 0 aromatic heterocycles. The Balaban J connectivity index is 2.07. The third-order valence-electron chi connectivity index (χ3n) is 4.15. The molecular formula is C17H24FN3O2. The summed E-state index contributed by atoms with van der Waals surface area (Å²) >= 11 is 0. The van der Waals surface area contributed by atoms with Crippen LogP contribution in [0.3, 0.4) is 0 Å². The Morgan fingerprint density at radius 1 is 1.39 bits per heavy atom. The van der Waals surface area contributed by atoms with E-state index in [4.69, 9.17) is 5.73 Å². The zero-order valence-electron chi connectivity index (χ0n) is 13.5. The van der Waals surface area contributed by atoms with Crippen molar-refractivity contribution in [2.45, 2.75) is 38.6 Å². The van der Waals surface area contributed by atoms with Crippen molar-refractivity contribution >= 4 is 11.8 Å². The summed E-state index contributed by atoms with van der Waals surface area (Å²) in [6.45, 7) is 3.06. The Kier molecular flexibility index (Phi) is 6.10. The first-order valence-electron chi connectivity index (χ1n) is 8.07. The Morgan fingerprint density at radius 2 is 2.17 bits per heavy atom. The highest BCUT2D eigenvalue weighted by atomic mass is 19.1. The van der Waals surface area contributed by atoms with E-state index in [2.05, 4.69) is 5.32 Å². The van der Waals surface area contributed by atoms with E-state index in [1.165, 1.54) is 12.1 Å². The number of nitrogens with two attached hydrogens (primary N) is 1. The fourth-order valence-corrected chi connectivity index (χ4v) is 2.88. The highest BCUT2D eigenvalue weighted by Crippen LogP contribution is 2.21. The predicted molar refractivity (Wildman–Crippen MR) is 86.5 cm³/mol. The van der Waals surface area contributed by atoms with Crippen molar-refractivity contribution < 1.29 is 14.0 Å². The molecule has 126 valence electrons. The van der Waals surface area contributed by atoms with Crippen LogP contribution < -0.4 is 11.1 Å². The largest absolute Gasteiger partial charge is 0.354 e. The lowest BCUT2D eigenvalue weighted by Gasteiger charge is -2.36. The summed E-state index contributed by atoms with van der Waals surface area (Å²) in [7, 11) is 0. The lowest BCUT2D eigenvalue weighted by atomic mass is 10.00. The molecule has 1 atom stereocenters. The van der Waals surface area contributed by atoms with E-state index in [1.54, 1.807) is 17.9 Å². The number of benzene rings is 1. The van der Waals surface area contributed by atoms with Gasteiger partial charge in [0.25, 0.3) is 5.91 Å². The number of carbonyl (C=O) groups excluding carboxylic acids is 2. The van der Waals surface area contributed by atoms with Crippen molar-refractivity contribution in [3.63, 3.8) is 0 Å². The number of piperidine rings is 1. The van der Waals surface area contributed by atoms with Crippen LogP contribution in [0.1, 0.15) is 41.6 Å². The minimum Gasteiger partial charge on any atom is -0.354 e. The van der Waals surface area contributed by atoms with Crippen LogP contribution in [0.2, 0.25) is 0 Å². The van der Waals surface area contributed by atoms with Gasteiger partial charge in [0.2, 0.25) is 5.91 Å². The van der Waals surface area contributed by atoms with Gasteiger partial charge in [-0.05, 0) is 43.9 Å². The SMILES string of the molecule is Cc1ccc(C(=O)N2CCCCC2CNC(=O)CCN)c(F)c1. The summed E-state index contributed by atoms with van der Waals surface area (Å²) < 4.78 is 14.1. The van der Waals surface area contributed by atoms with Crippen molar-refractivity contribution in [2.75, 3.05) is 19.6 Å². The quantitative estimate of drug-likeness (QED) is 0.865. The standard InChI is InChI=1S/C17H24FN3O2/c1-12-5-6-14(15(18)10-12)17(23)21-9-3-2-4-13(21)11-20-16(22)7-8-19/h5-6,10,13H,2-4,7-9,11,19H2,1H3,(H,20,22). The topological polar surface area (TPSA) is 75.4 Å². The summed E-state index contributed by atoms with van der Waals surface area (Å²) in [5, 5.41) is 2.81. The average molecular weight is 321 g/mol. The molecule has 1 aromatic carbocycles. The van der Waals surface area contributed by atoms with E-state index in [0.29, 0.717) is 19.6 Å². The number of carbonyl (C=O) groups is 2. The molecule has 2 amide bonds. The molecular weight excluding hydrogens is 297 g/mol. The van der Waals surface area contributed by atoms with Crippen molar-refractivity contribution in [2.24, 2.45) is 5.73 Å². The molecule has 0 spiro atoms. The molecule has 1 aliphatic heterocycles. The summed E-state index contributed by atoms with van der Waals surface area (Å²) in [6.07, 6.45) is 2.97. The molecule has 3 N–H and O–H groups in total. The van der Waals surface area contributed by atoms with Crippen LogP contribution >= 0.6 is 0 Å². The minimum absolute atomic E-state index is 0.0933. The first kappa shape index (κ1) is 17.4. The van der Waals surface area contributed by atoms with Crippen LogP contribution in [0.25, 0.3) is 0 Å². The molecule has 0 radical (unpaired) electrons. The van der Waals surface area contributed by atoms with Crippen LogP contribution in [-0.4, -0.2) is 42.4 Å². The fraction of sp³-hybridized carbons (Fsp3) is 0.529. The second-order valence-corrected chi connectivity index (χ2v) is 5.97. The van der Waals surface area contributed by atoms with Gasteiger partial charge in [-0.25, -0.2) is 4.39 Å². The molecule has 1 fully saturated rings. The van der Waals surface area contributed by atoms with Gasteiger partial charge in [0.1, 0.15) is 5.82 Å². The van der Waals surface area contributed by atoms with Gasteiger partial charge in [-0.3, -0.25) is 9.59 Å². The van der Waals surface area contributed by atoms with Gasteiger partial charge in [-0.1, -0.05) is 6.07 Å². The molecule has 5 nitrogen and oxygen atoms in total. The first-order chi connectivity index (χ1) is 11.0. The number of aryl methyl sites for hydroxylation is 1. The second kappa shape index (κ2) is 8.06. The van der Waals surface area contributed by atoms with E-state index in [0.717, 1.165) is 24.8 Å². The molecule has 1 aromatic rings. The summed E-state index contributed by atoms with van der Waals surface area (Å²) in [4.78, 5) is 25.9. The van der Waals surface area contributed by atoms with Crippen molar-refractivity contribution in [1.29, 1.82) is 0 Å². The Bertz CT molecular complexity index is 577. The van der Waals surface area contributed by atoms with Crippen molar-refractivity contribution in [3.05, 3.63) is 35.1 Å². The van der Waals surface area contributed by atoms with Crippen molar-refractivity contribution in [3.8, 4) is 0 Å². The minimum atomic E-state index is -0.494. The molecule has 1 unspecified atom stereocenters. The molecule has 23 heavy (non-hydrogen) atoms. The number of nitrogens with one attached hydrogen (secondary N) is 1. The van der Waals surface area contributed by atoms with Crippen LogP contribution in [0.4, 0.5) is 4.39 Å². The van der Waals surface area contributed by atoms with Crippen molar-refractivity contribution in [1.82, 2.24) is 10.2 Å². The van der Waals surface area contributed by atoms with E-state index < -0.39 is 5.82 Å². The van der Waals surface area contributed by atoms with Gasteiger partial charge in [-0.2, -0.15) is 0 Å². The molecule has 1 aliphatic rings. The zero-order valence-corrected chi connectivity index (χ0v) is 13.5. The fourth-order valence-electron chi connectivity index (χ4n) is 2.88. The zero-order chi connectivity index (χ0) is 16.8. The predicted octanol–water partition coefficient (Wildman–Crippen LogP) is 1.59. The monoisotopic (exact) mass is 321 g/mol. The molecule has 0 aliphatic carbocycles. The third-order valence-corrected chi connectivity index (χ3v) is 4.15. The van der Waals surface area contributed by atoms with E-state index in [-0.39, 0.29) is 29.8 Å². The maximum atomic E-state index is 14.1. The third kappa shape index (κ3) is 4.51. The number of halogens is 1. The molecule has 1 heterocycles. The second-order valence-electron chi connectivity index (χ2n) is 5.97.